The molecular formula is C16H14ClNO4S. The van der Waals surface area contributed by atoms with E-state index in [-0.39, 0.29) is 10.5 Å². The summed E-state index contributed by atoms with van der Waals surface area (Å²) in [7, 11) is -3.88. The normalized spacial score (nSPS) is 13.6. The first-order valence-electron chi connectivity index (χ1n) is 7.04. The predicted molar refractivity (Wildman–Crippen MR) is 87.7 cm³/mol. The van der Waals surface area contributed by atoms with Gasteiger partial charge in [0.2, 0.25) is 0 Å². The van der Waals surface area contributed by atoms with Gasteiger partial charge in [-0.3, -0.25) is 4.72 Å². The average molecular weight is 352 g/mol. The van der Waals surface area contributed by atoms with Crippen LogP contribution in [-0.4, -0.2) is 19.5 Å². The minimum absolute atomic E-state index is 0.0166. The van der Waals surface area contributed by atoms with E-state index in [1.165, 1.54) is 12.1 Å². The maximum atomic E-state index is 12.7. The van der Waals surface area contributed by atoms with Crippen molar-refractivity contribution in [3.63, 3.8) is 0 Å². The number of nitrogens with one attached hydrogen (secondary N) is 1. The largest absolute Gasteiger partial charge is 0.478 e. The molecule has 2 aromatic rings. The first-order valence-corrected chi connectivity index (χ1v) is 8.90. The lowest BCUT2D eigenvalue weighted by molar-refractivity contribution is 0.0696. The van der Waals surface area contributed by atoms with E-state index in [2.05, 4.69) is 4.72 Å². The number of hydrogen-bond acceptors (Lipinski definition) is 3. The summed E-state index contributed by atoms with van der Waals surface area (Å²) >= 11 is 5.87. The fraction of sp³-hybridized carbons (Fsp3) is 0.188. The van der Waals surface area contributed by atoms with Crippen LogP contribution in [0.5, 0.6) is 0 Å². The number of fused-ring (bicyclic) bond motifs is 1. The zero-order valence-electron chi connectivity index (χ0n) is 12.0. The van der Waals surface area contributed by atoms with Gasteiger partial charge in [-0.1, -0.05) is 17.7 Å². The van der Waals surface area contributed by atoms with Gasteiger partial charge in [-0.2, -0.15) is 0 Å². The molecule has 0 aliphatic heterocycles. The number of rotatable bonds is 4. The lowest BCUT2D eigenvalue weighted by Gasteiger charge is -2.13. The SMILES string of the molecule is O=C(O)c1cc2c(c(S(=O)(=O)Nc3cccc(Cl)c3)c1)CCC2. The highest BCUT2D eigenvalue weighted by Crippen LogP contribution is 2.31. The Morgan fingerprint density at radius 1 is 1.17 bits per heavy atom. The number of aryl methyl sites for hydroxylation is 1. The van der Waals surface area contributed by atoms with Crippen LogP contribution >= 0.6 is 11.6 Å². The number of halogens is 1. The Morgan fingerprint density at radius 2 is 1.96 bits per heavy atom. The van der Waals surface area contributed by atoms with Crippen molar-refractivity contribution in [2.75, 3.05) is 4.72 Å². The summed E-state index contributed by atoms with van der Waals surface area (Å²) in [6, 6.07) is 9.15. The number of hydrogen-bond donors (Lipinski definition) is 2. The second-order valence-electron chi connectivity index (χ2n) is 5.39. The molecule has 5 nitrogen and oxygen atoms in total. The highest BCUT2D eigenvalue weighted by Gasteiger charge is 2.26. The van der Waals surface area contributed by atoms with Crippen LogP contribution in [0.15, 0.2) is 41.3 Å². The number of carboxylic acids is 1. The number of sulfonamides is 1. The second kappa shape index (κ2) is 5.86. The average Bonchev–Trinajstić information content (AvgIpc) is 2.93. The van der Waals surface area contributed by atoms with Crippen molar-refractivity contribution < 1.29 is 18.3 Å². The molecule has 0 unspecified atom stereocenters. The third kappa shape index (κ3) is 3.18. The molecule has 0 atom stereocenters. The fourth-order valence-electron chi connectivity index (χ4n) is 2.79. The summed E-state index contributed by atoms with van der Waals surface area (Å²) in [5.41, 5.74) is 1.81. The minimum atomic E-state index is -3.88. The molecule has 0 heterocycles. The van der Waals surface area contributed by atoms with E-state index >= 15 is 0 Å². The van der Waals surface area contributed by atoms with E-state index < -0.39 is 16.0 Å². The summed E-state index contributed by atoms with van der Waals surface area (Å²) in [4.78, 5) is 11.3. The maximum Gasteiger partial charge on any atom is 0.335 e. The van der Waals surface area contributed by atoms with Crippen molar-refractivity contribution in [2.24, 2.45) is 0 Å². The van der Waals surface area contributed by atoms with Gasteiger partial charge in [-0.15, -0.1) is 0 Å². The first-order chi connectivity index (χ1) is 10.9. The van der Waals surface area contributed by atoms with E-state index in [9.17, 15) is 18.3 Å². The third-order valence-electron chi connectivity index (χ3n) is 3.79. The van der Waals surface area contributed by atoms with Gasteiger partial charge in [0, 0.05) is 5.02 Å². The van der Waals surface area contributed by atoms with Crippen molar-refractivity contribution in [2.45, 2.75) is 24.2 Å². The van der Waals surface area contributed by atoms with Crippen LogP contribution in [0, 0.1) is 0 Å². The molecule has 0 radical (unpaired) electrons. The van der Waals surface area contributed by atoms with Gasteiger partial charge in [0.25, 0.3) is 10.0 Å². The Kier molecular flexibility index (Phi) is 4.04. The summed E-state index contributed by atoms with van der Waals surface area (Å²) in [5, 5.41) is 9.61. The number of anilines is 1. The van der Waals surface area contributed by atoms with Crippen molar-refractivity contribution in [3.8, 4) is 0 Å². The third-order valence-corrected chi connectivity index (χ3v) is 5.47. The number of carbonyl (C=O) groups is 1. The lowest BCUT2D eigenvalue weighted by Crippen LogP contribution is -2.16. The van der Waals surface area contributed by atoms with Gasteiger partial charge >= 0.3 is 5.97 Å². The van der Waals surface area contributed by atoms with Gasteiger partial charge in [-0.05, 0) is 60.7 Å². The number of carboxylic acid groups (broad SMARTS) is 1. The maximum absolute atomic E-state index is 12.7. The first kappa shape index (κ1) is 15.8. The molecule has 0 amide bonds. The molecule has 0 fully saturated rings. The minimum Gasteiger partial charge on any atom is -0.478 e. The summed E-state index contributed by atoms with van der Waals surface area (Å²) in [6.45, 7) is 0. The van der Waals surface area contributed by atoms with Crippen molar-refractivity contribution in [1.29, 1.82) is 0 Å². The molecule has 0 bridgehead atoms. The highest BCUT2D eigenvalue weighted by atomic mass is 35.5. The molecular weight excluding hydrogens is 338 g/mol. The Labute approximate surface area is 139 Å². The monoisotopic (exact) mass is 351 g/mol. The quantitative estimate of drug-likeness (QED) is 0.885. The van der Waals surface area contributed by atoms with Crippen LogP contribution in [0.4, 0.5) is 5.69 Å². The van der Waals surface area contributed by atoms with E-state index in [0.29, 0.717) is 29.1 Å². The molecule has 120 valence electrons. The van der Waals surface area contributed by atoms with Crippen LogP contribution in [0.3, 0.4) is 0 Å². The van der Waals surface area contributed by atoms with Gasteiger partial charge in [0.1, 0.15) is 0 Å². The van der Waals surface area contributed by atoms with Gasteiger partial charge in [0.05, 0.1) is 16.1 Å². The van der Waals surface area contributed by atoms with Gasteiger partial charge < -0.3 is 5.11 Å². The topological polar surface area (TPSA) is 83.5 Å². The standard InChI is InChI=1S/C16H14ClNO4S/c17-12-4-2-5-13(9-12)18-23(21,22)15-8-11(16(19)20)7-10-3-1-6-14(10)15/h2,4-5,7-9,18H,1,3,6H2,(H,19,20). The van der Waals surface area contributed by atoms with Crippen molar-refractivity contribution in [1.82, 2.24) is 0 Å². The number of benzene rings is 2. The fourth-order valence-corrected chi connectivity index (χ4v) is 4.37. The van der Waals surface area contributed by atoms with E-state index in [0.717, 1.165) is 12.0 Å². The zero-order chi connectivity index (χ0) is 16.6. The Morgan fingerprint density at radius 3 is 2.65 bits per heavy atom. The van der Waals surface area contributed by atoms with Crippen LogP contribution in [0.1, 0.15) is 27.9 Å². The molecule has 1 aliphatic carbocycles. The molecule has 0 aromatic heterocycles. The van der Waals surface area contributed by atoms with Crippen LogP contribution in [0.25, 0.3) is 0 Å². The van der Waals surface area contributed by atoms with Gasteiger partial charge in [0.15, 0.2) is 0 Å². The second-order valence-corrected chi connectivity index (χ2v) is 7.47. The van der Waals surface area contributed by atoms with E-state index in [1.807, 2.05) is 0 Å². The molecule has 23 heavy (non-hydrogen) atoms. The van der Waals surface area contributed by atoms with Gasteiger partial charge in [-0.25, -0.2) is 13.2 Å². The van der Waals surface area contributed by atoms with Crippen LogP contribution in [-0.2, 0) is 22.9 Å². The summed E-state index contributed by atoms with van der Waals surface area (Å²) < 4.78 is 27.9. The lowest BCUT2D eigenvalue weighted by atomic mass is 10.1. The molecule has 2 aromatic carbocycles. The van der Waals surface area contributed by atoms with Crippen LogP contribution in [0.2, 0.25) is 5.02 Å². The van der Waals surface area contributed by atoms with Crippen molar-refractivity contribution in [3.05, 3.63) is 58.1 Å². The van der Waals surface area contributed by atoms with E-state index in [4.69, 9.17) is 11.6 Å². The highest BCUT2D eigenvalue weighted by molar-refractivity contribution is 7.92. The number of aromatic carboxylic acids is 1. The smallest absolute Gasteiger partial charge is 0.335 e. The summed E-state index contributed by atoms with van der Waals surface area (Å²) in [5.74, 6) is -1.14. The van der Waals surface area contributed by atoms with Crippen molar-refractivity contribution >= 4 is 33.3 Å². The molecule has 7 heteroatoms. The Balaban J connectivity index is 2.08. The Bertz CT molecular complexity index is 893. The van der Waals surface area contributed by atoms with Crippen LogP contribution < -0.4 is 4.72 Å². The molecule has 3 rings (SSSR count). The molecule has 0 saturated heterocycles. The van der Waals surface area contributed by atoms with E-state index in [1.54, 1.807) is 24.3 Å². The summed E-state index contributed by atoms with van der Waals surface area (Å²) in [6.07, 6.45) is 2.13. The molecule has 0 spiro atoms. The predicted octanol–water partition coefficient (Wildman–Crippen LogP) is 3.33. The molecule has 1 aliphatic rings. The molecule has 0 saturated carbocycles. The molecule has 2 N–H and O–H groups in total. The zero-order valence-corrected chi connectivity index (χ0v) is 13.6. The Hall–Kier alpha value is -2.05.